The second kappa shape index (κ2) is 8.68. The van der Waals surface area contributed by atoms with Crippen molar-refractivity contribution < 1.29 is 14.6 Å². The largest absolute Gasteiger partial charge is 0.458 e. The quantitative estimate of drug-likeness (QED) is 0.582. The lowest BCUT2D eigenvalue weighted by Gasteiger charge is -2.28. The molecular weight excluding hydrogens is 362 g/mol. The molecule has 4 nitrogen and oxygen atoms in total. The van der Waals surface area contributed by atoms with Crippen LogP contribution in [0.5, 0.6) is 0 Å². The Hall–Kier alpha value is -2.17. The zero-order valence-electron chi connectivity index (χ0n) is 16.2. The van der Waals surface area contributed by atoms with Crippen molar-refractivity contribution in [2.45, 2.75) is 51.9 Å². The van der Waals surface area contributed by atoms with Gasteiger partial charge < -0.3 is 9.84 Å². The van der Waals surface area contributed by atoms with E-state index in [1.807, 2.05) is 57.2 Å². The van der Waals surface area contributed by atoms with Gasteiger partial charge in [0.15, 0.2) is 5.54 Å². The Balaban J connectivity index is 2.31. The normalized spacial score (nSPS) is 14.1. The third-order valence-corrected chi connectivity index (χ3v) is 4.21. The van der Waals surface area contributed by atoms with Crippen LogP contribution in [0, 0.1) is 0 Å². The molecule has 0 fully saturated rings. The predicted molar refractivity (Wildman–Crippen MR) is 109 cm³/mol. The number of nitrogens with zero attached hydrogens (tertiary/aromatic N) is 1. The first-order chi connectivity index (χ1) is 12.6. The minimum absolute atomic E-state index is 0.0155. The lowest BCUT2D eigenvalue weighted by Crippen LogP contribution is -2.41. The highest BCUT2D eigenvalue weighted by Gasteiger charge is 2.36. The average Bonchev–Trinajstić information content (AvgIpc) is 2.60. The molecule has 0 unspecified atom stereocenters. The van der Waals surface area contributed by atoms with Crippen LogP contribution in [-0.2, 0) is 22.6 Å². The number of benzene rings is 2. The molecule has 0 aromatic heterocycles. The summed E-state index contributed by atoms with van der Waals surface area (Å²) in [5.74, 6) is -0.383. The molecule has 0 heterocycles. The van der Waals surface area contributed by atoms with Crippen LogP contribution in [0.25, 0.3) is 0 Å². The summed E-state index contributed by atoms with van der Waals surface area (Å²) in [6, 6.07) is 14.7. The number of aliphatic hydroxyl groups is 1. The lowest BCUT2D eigenvalue weighted by molar-refractivity contribution is -0.160. The van der Waals surface area contributed by atoms with Crippen molar-refractivity contribution in [3.63, 3.8) is 0 Å². The van der Waals surface area contributed by atoms with E-state index < -0.39 is 11.1 Å². The molecule has 0 saturated carbocycles. The van der Waals surface area contributed by atoms with Crippen molar-refractivity contribution >= 4 is 23.8 Å². The minimum Gasteiger partial charge on any atom is -0.458 e. The van der Waals surface area contributed by atoms with Crippen molar-refractivity contribution in [1.29, 1.82) is 0 Å². The highest BCUT2D eigenvalue weighted by Crippen LogP contribution is 2.23. The zero-order valence-corrected chi connectivity index (χ0v) is 17.0. The second-order valence-corrected chi connectivity index (χ2v) is 8.17. The van der Waals surface area contributed by atoms with Crippen LogP contribution in [0.15, 0.2) is 53.5 Å². The zero-order chi connectivity index (χ0) is 20.1. The topological polar surface area (TPSA) is 58.9 Å². The number of hydrogen-bond acceptors (Lipinski definition) is 4. The van der Waals surface area contributed by atoms with Crippen molar-refractivity contribution in [2.24, 2.45) is 4.99 Å². The molecule has 1 atom stereocenters. The molecule has 1 N–H and O–H groups in total. The average molecular weight is 388 g/mol. The molecule has 0 amide bonds. The van der Waals surface area contributed by atoms with Crippen molar-refractivity contribution in [3.05, 3.63) is 70.2 Å². The molecule has 0 aliphatic heterocycles. The van der Waals surface area contributed by atoms with Gasteiger partial charge in [-0.25, -0.2) is 4.79 Å². The van der Waals surface area contributed by atoms with Gasteiger partial charge in [-0.05, 0) is 56.5 Å². The van der Waals surface area contributed by atoms with E-state index in [2.05, 4.69) is 4.99 Å². The molecule has 144 valence electrons. The molecule has 2 aromatic rings. The number of carbonyl (C=O) groups is 1. The van der Waals surface area contributed by atoms with Gasteiger partial charge in [-0.1, -0.05) is 48.0 Å². The number of ether oxygens (including phenoxy) is 1. The smallest absolute Gasteiger partial charge is 0.334 e. The highest BCUT2D eigenvalue weighted by atomic mass is 35.5. The fraction of sp³-hybridized carbons (Fsp3) is 0.364. The van der Waals surface area contributed by atoms with Gasteiger partial charge in [0, 0.05) is 17.7 Å². The van der Waals surface area contributed by atoms with Gasteiger partial charge in [0.05, 0.1) is 6.61 Å². The molecule has 0 saturated heterocycles. The molecule has 0 bridgehead atoms. The van der Waals surface area contributed by atoms with Crippen molar-refractivity contribution in [1.82, 2.24) is 0 Å². The van der Waals surface area contributed by atoms with E-state index in [1.54, 1.807) is 25.3 Å². The molecule has 2 rings (SSSR count). The van der Waals surface area contributed by atoms with Gasteiger partial charge in [0.25, 0.3) is 0 Å². The summed E-state index contributed by atoms with van der Waals surface area (Å²) in [4.78, 5) is 17.5. The first-order valence-corrected chi connectivity index (χ1v) is 9.22. The summed E-state index contributed by atoms with van der Waals surface area (Å²) >= 11 is 5.92. The predicted octanol–water partition coefficient (Wildman–Crippen LogP) is 4.59. The van der Waals surface area contributed by atoms with Crippen molar-refractivity contribution in [2.75, 3.05) is 0 Å². The van der Waals surface area contributed by atoms with Crippen LogP contribution in [0.2, 0.25) is 5.02 Å². The molecule has 0 aliphatic carbocycles. The summed E-state index contributed by atoms with van der Waals surface area (Å²) in [5.41, 5.74) is 0.934. The summed E-state index contributed by atoms with van der Waals surface area (Å²) in [7, 11) is 0. The molecule has 0 radical (unpaired) electrons. The Morgan fingerprint density at radius 1 is 1.04 bits per heavy atom. The van der Waals surface area contributed by atoms with Crippen LogP contribution in [0.1, 0.15) is 44.4 Å². The van der Waals surface area contributed by atoms with E-state index in [9.17, 15) is 9.90 Å². The molecule has 2 aromatic carbocycles. The standard InChI is InChI=1S/C22H26ClNO3/c1-21(2,3)27-20(26)22(4,13-16-5-7-18(15-25)8-6-16)24-14-17-9-11-19(23)12-10-17/h5-12,14,25H,13,15H2,1-4H3/b24-14+/t22-/m0/s1. The Bertz CT molecular complexity index is 792. The van der Waals surface area contributed by atoms with E-state index >= 15 is 0 Å². The van der Waals surface area contributed by atoms with Gasteiger partial charge in [0.1, 0.15) is 5.60 Å². The Kier molecular flexibility index (Phi) is 6.79. The molecular formula is C22H26ClNO3. The fourth-order valence-electron chi connectivity index (χ4n) is 2.48. The highest BCUT2D eigenvalue weighted by molar-refractivity contribution is 6.30. The maximum Gasteiger partial charge on any atom is 0.334 e. The summed E-state index contributed by atoms with van der Waals surface area (Å²) in [5, 5.41) is 9.84. The van der Waals surface area contributed by atoms with Crippen LogP contribution in [0.4, 0.5) is 0 Å². The maximum absolute atomic E-state index is 12.9. The van der Waals surface area contributed by atoms with Gasteiger partial charge in [-0.2, -0.15) is 0 Å². The van der Waals surface area contributed by atoms with E-state index in [4.69, 9.17) is 16.3 Å². The van der Waals surface area contributed by atoms with Crippen LogP contribution >= 0.6 is 11.6 Å². The molecule has 27 heavy (non-hydrogen) atoms. The molecule has 0 aliphatic rings. The van der Waals surface area contributed by atoms with E-state index in [0.717, 1.165) is 16.7 Å². The van der Waals surface area contributed by atoms with Crippen LogP contribution < -0.4 is 0 Å². The van der Waals surface area contributed by atoms with E-state index in [0.29, 0.717) is 11.4 Å². The summed E-state index contributed by atoms with van der Waals surface area (Å²) < 4.78 is 5.61. The van der Waals surface area contributed by atoms with Gasteiger partial charge >= 0.3 is 5.97 Å². The summed E-state index contributed by atoms with van der Waals surface area (Å²) in [6.07, 6.45) is 2.06. The monoisotopic (exact) mass is 387 g/mol. The maximum atomic E-state index is 12.9. The Labute approximate surface area is 165 Å². The third-order valence-electron chi connectivity index (χ3n) is 3.96. The number of aliphatic imine (C=N–C) groups is 1. The number of carbonyl (C=O) groups excluding carboxylic acids is 1. The van der Waals surface area contributed by atoms with E-state index in [1.165, 1.54) is 0 Å². The van der Waals surface area contributed by atoms with Gasteiger partial charge in [-0.3, -0.25) is 4.99 Å². The second-order valence-electron chi connectivity index (χ2n) is 7.74. The molecule has 0 spiro atoms. The fourth-order valence-corrected chi connectivity index (χ4v) is 2.61. The van der Waals surface area contributed by atoms with Gasteiger partial charge in [-0.15, -0.1) is 0 Å². The van der Waals surface area contributed by atoms with E-state index in [-0.39, 0.29) is 12.6 Å². The summed E-state index contributed by atoms with van der Waals surface area (Å²) in [6.45, 7) is 7.27. The SMILES string of the molecule is CC(C)(C)OC(=O)[C@](C)(Cc1ccc(CO)cc1)/N=C/c1ccc(Cl)cc1. The number of rotatable bonds is 6. The van der Waals surface area contributed by atoms with Gasteiger partial charge in [0.2, 0.25) is 0 Å². The molecule has 5 heteroatoms. The Morgan fingerprint density at radius 3 is 2.11 bits per heavy atom. The van der Waals surface area contributed by atoms with Crippen LogP contribution in [-0.4, -0.2) is 28.4 Å². The number of halogens is 1. The third kappa shape index (κ3) is 6.49. The lowest BCUT2D eigenvalue weighted by atomic mass is 9.92. The number of esters is 1. The van der Waals surface area contributed by atoms with Crippen molar-refractivity contribution in [3.8, 4) is 0 Å². The number of hydrogen-bond donors (Lipinski definition) is 1. The minimum atomic E-state index is -1.08. The number of aliphatic hydroxyl groups excluding tert-OH is 1. The first-order valence-electron chi connectivity index (χ1n) is 8.84. The first kappa shape index (κ1) is 21.1. The Morgan fingerprint density at radius 2 is 1.59 bits per heavy atom. The van der Waals surface area contributed by atoms with Crippen LogP contribution in [0.3, 0.4) is 0 Å².